The van der Waals surface area contributed by atoms with E-state index in [2.05, 4.69) is 168 Å². The van der Waals surface area contributed by atoms with Gasteiger partial charge >= 0.3 is 0 Å². The number of hydrogen-bond acceptors (Lipinski definition) is 2. The first-order chi connectivity index (χ1) is 25.8. The smallest absolute Gasteiger partial charge is 0.0346 e. The summed E-state index contributed by atoms with van der Waals surface area (Å²) in [5.41, 5.74) is 14.2. The number of rotatable bonds is 6. The Morgan fingerprint density at radius 2 is 0.558 bits per heavy atom. The fourth-order valence-electron chi connectivity index (χ4n) is 7.94. The molecule has 0 fully saturated rings. The Morgan fingerprint density at radius 3 is 0.904 bits per heavy atom. The molecule has 0 amide bonds. The van der Waals surface area contributed by atoms with Crippen LogP contribution >= 0.6 is 0 Å². The molecule has 2 aromatic heterocycles. The second kappa shape index (κ2) is 12.5. The van der Waals surface area contributed by atoms with E-state index in [9.17, 15) is 0 Å². The summed E-state index contributed by atoms with van der Waals surface area (Å²) in [6.45, 7) is 0. The van der Waals surface area contributed by atoms with Crippen LogP contribution in [0.15, 0.2) is 195 Å². The van der Waals surface area contributed by atoms with E-state index in [1.165, 1.54) is 88.0 Å². The van der Waals surface area contributed by atoms with Gasteiger partial charge in [-0.05, 0) is 112 Å². The molecule has 0 aliphatic rings. The van der Waals surface area contributed by atoms with Crippen LogP contribution in [0, 0.1) is 0 Å². The molecule has 0 saturated heterocycles. The third-order valence-corrected chi connectivity index (χ3v) is 10.4. The van der Waals surface area contributed by atoms with Gasteiger partial charge in [-0.2, -0.15) is 0 Å². The van der Waals surface area contributed by atoms with Crippen LogP contribution in [0.5, 0.6) is 0 Å². The zero-order valence-corrected chi connectivity index (χ0v) is 28.4. The molecule has 0 unspecified atom stereocenters. The number of hydrogen-bond donors (Lipinski definition) is 0. The molecule has 2 heteroatoms. The zero-order chi connectivity index (χ0) is 34.4. The van der Waals surface area contributed by atoms with E-state index in [4.69, 9.17) is 0 Å². The predicted molar refractivity (Wildman–Crippen MR) is 218 cm³/mol. The first-order valence-electron chi connectivity index (χ1n) is 17.7. The third kappa shape index (κ3) is 5.04. The summed E-state index contributed by atoms with van der Waals surface area (Å²) < 4.78 is 0. The number of benzene rings is 8. The van der Waals surface area contributed by atoms with Gasteiger partial charge in [0.05, 0.1) is 0 Å². The summed E-state index contributed by atoms with van der Waals surface area (Å²) >= 11 is 0. The molecule has 0 radical (unpaired) electrons. The van der Waals surface area contributed by atoms with Gasteiger partial charge < -0.3 is 0 Å². The van der Waals surface area contributed by atoms with Crippen molar-refractivity contribution in [2.75, 3.05) is 0 Å². The van der Waals surface area contributed by atoms with E-state index >= 15 is 0 Å². The fourth-order valence-corrected chi connectivity index (χ4v) is 7.94. The molecule has 0 N–H and O–H groups in total. The maximum absolute atomic E-state index is 4.55. The highest BCUT2D eigenvalue weighted by molar-refractivity contribution is 6.31. The highest BCUT2D eigenvalue weighted by Gasteiger charge is 2.21. The van der Waals surface area contributed by atoms with Gasteiger partial charge in [0, 0.05) is 35.9 Å². The number of aromatic nitrogens is 2. The Balaban J connectivity index is 1.27. The van der Waals surface area contributed by atoms with Gasteiger partial charge in [-0.25, -0.2) is 0 Å². The van der Waals surface area contributed by atoms with Crippen LogP contribution in [0.25, 0.3) is 99.1 Å². The van der Waals surface area contributed by atoms with Crippen molar-refractivity contribution in [3.8, 4) is 66.8 Å². The van der Waals surface area contributed by atoms with Gasteiger partial charge in [-0.3, -0.25) is 9.97 Å². The van der Waals surface area contributed by atoms with Crippen molar-refractivity contribution in [2.24, 2.45) is 0 Å². The van der Waals surface area contributed by atoms with E-state index in [0.29, 0.717) is 0 Å². The maximum Gasteiger partial charge on any atom is 0.0346 e. The van der Waals surface area contributed by atoms with Gasteiger partial charge in [0.1, 0.15) is 0 Å². The number of nitrogens with zero attached hydrogens (tertiary/aromatic N) is 2. The molecule has 0 atom stereocenters. The van der Waals surface area contributed by atoms with Crippen molar-refractivity contribution < 1.29 is 0 Å². The SMILES string of the molecule is c1ccc(-c2ccc(-c3cc(-c4cccnc4)c4ccc5c(-c6ccc(-c7ccccc7)cc6)cc(-c6cccnc6)c6ccc3c4c56)cc2)cc1. The Kier molecular flexibility index (Phi) is 7.18. The summed E-state index contributed by atoms with van der Waals surface area (Å²) in [6.07, 6.45) is 7.65. The molecule has 242 valence electrons. The predicted octanol–water partition coefficient (Wildman–Crippen LogP) is 13.4. The van der Waals surface area contributed by atoms with Crippen LogP contribution in [0.1, 0.15) is 0 Å². The van der Waals surface area contributed by atoms with Crippen molar-refractivity contribution in [2.45, 2.75) is 0 Å². The molecule has 10 rings (SSSR count). The molecular weight excluding hydrogens is 629 g/mol. The topological polar surface area (TPSA) is 25.8 Å². The summed E-state index contributed by atoms with van der Waals surface area (Å²) in [5, 5.41) is 7.46. The molecule has 0 aliphatic carbocycles. The molecule has 10 aromatic rings. The van der Waals surface area contributed by atoms with E-state index in [-0.39, 0.29) is 0 Å². The molecule has 52 heavy (non-hydrogen) atoms. The molecule has 0 aliphatic heterocycles. The lowest BCUT2D eigenvalue weighted by Gasteiger charge is -2.21. The summed E-state index contributed by atoms with van der Waals surface area (Å²) in [7, 11) is 0. The molecular formula is C50H32N2. The lowest BCUT2D eigenvalue weighted by atomic mass is 9.82. The Bertz CT molecular complexity index is 2630. The average Bonchev–Trinajstić information content (AvgIpc) is 3.24. The van der Waals surface area contributed by atoms with Crippen LogP contribution < -0.4 is 0 Å². The van der Waals surface area contributed by atoms with E-state index in [0.717, 1.165) is 11.1 Å². The number of pyridine rings is 2. The van der Waals surface area contributed by atoms with Crippen molar-refractivity contribution >= 4 is 32.3 Å². The Morgan fingerprint density at radius 1 is 0.250 bits per heavy atom. The van der Waals surface area contributed by atoms with Crippen molar-refractivity contribution in [1.82, 2.24) is 9.97 Å². The summed E-state index contributed by atoms with van der Waals surface area (Å²) in [5.74, 6) is 0. The fraction of sp³-hybridized carbons (Fsp3) is 0. The molecule has 2 nitrogen and oxygen atoms in total. The van der Waals surface area contributed by atoms with Gasteiger partial charge in [-0.15, -0.1) is 0 Å². The minimum absolute atomic E-state index is 1.10. The van der Waals surface area contributed by atoms with Crippen molar-refractivity contribution in [3.05, 3.63) is 195 Å². The normalized spacial score (nSPS) is 11.5. The zero-order valence-electron chi connectivity index (χ0n) is 28.4. The quantitative estimate of drug-likeness (QED) is 0.166. The first-order valence-corrected chi connectivity index (χ1v) is 17.7. The standard InChI is InChI=1S/C50H32N2/c1-3-9-33(10-4-1)35-15-19-37(20-16-35)45-29-47(39-13-7-27-51-31-39)43-26-24-42-46(38-21-17-36(18-22-38)34-11-5-2-6-12-34)30-48(40-14-8-28-52-32-40)44-25-23-41(45)49(43)50(42)44/h1-32H. The lowest BCUT2D eigenvalue weighted by Crippen LogP contribution is -1.94. The highest BCUT2D eigenvalue weighted by Crippen LogP contribution is 2.48. The van der Waals surface area contributed by atoms with Gasteiger partial charge in [0.25, 0.3) is 0 Å². The summed E-state index contributed by atoms with van der Waals surface area (Å²) in [6, 6.07) is 61.6. The third-order valence-electron chi connectivity index (χ3n) is 10.4. The van der Waals surface area contributed by atoms with E-state index in [1.54, 1.807) is 0 Å². The average molecular weight is 661 g/mol. The monoisotopic (exact) mass is 660 g/mol. The first kappa shape index (κ1) is 30.0. The second-order valence-electron chi connectivity index (χ2n) is 13.4. The van der Waals surface area contributed by atoms with E-state index in [1.807, 2.05) is 36.9 Å². The lowest BCUT2D eigenvalue weighted by molar-refractivity contribution is 1.33. The molecule has 0 spiro atoms. The van der Waals surface area contributed by atoms with Crippen molar-refractivity contribution in [3.63, 3.8) is 0 Å². The minimum atomic E-state index is 1.10. The molecule has 8 aromatic carbocycles. The van der Waals surface area contributed by atoms with Crippen LogP contribution in [-0.2, 0) is 0 Å². The second-order valence-corrected chi connectivity index (χ2v) is 13.4. The van der Waals surface area contributed by atoms with Crippen LogP contribution in [0.3, 0.4) is 0 Å². The van der Waals surface area contributed by atoms with Gasteiger partial charge in [0.2, 0.25) is 0 Å². The van der Waals surface area contributed by atoms with Crippen molar-refractivity contribution in [1.29, 1.82) is 0 Å². The summed E-state index contributed by atoms with van der Waals surface area (Å²) in [4.78, 5) is 9.09. The van der Waals surface area contributed by atoms with Gasteiger partial charge in [0.15, 0.2) is 0 Å². The van der Waals surface area contributed by atoms with Crippen LogP contribution in [-0.4, -0.2) is 9.97 Å². The Labute approximate surface area is 302 Å². The molecule has 0 saturated carbocycles. The Hall–Kier alpha value is -6.90. The van der Waals surface area contributed by atoms with Crippen LogP contribution in [0.2, 0.25) is 0 Å². The minimum Gasteiger partial charge on any atom is -0.264 e. The highest BCUT2D eigenvalue weighted by atomic mass is 14.6. The van der Waals surface area contributed by atoms with Crippen LogP contribution in [0.4, 0.5) is 0 Å². The largest absolute Gasteiger partial charge is 0.264 e. The molecule has 0 bridgehead atoms. The molecule has 2 heterocycles. The van der Waals surface area contributed by atoms with E-state index < -0.39 is 0 Å². The maximum atomic E-state index is 4.55. The van der Waals surface area contributed by atoms with Gasteiger partial charge in [-0.1, -0.05) is 146 Å².